The Morgan fingerprint density at radius 1 is 1.44 bits per heavy atom. The molecule has 1 amide bonds. The zero-order chi connectivity index (χ0) is 18.4. The predicted molar refractivity (Wildman–Crippen MR) is 92.2 cm³/mol. The summed E-state index contributed by atoms with van der Waals surface area (Å²) in [4.78, 5) is 20.5. The zero-order valence-corrected chi connectivity index (χ0v) is 15.5. The Morgan fingerprint density at radius 2 is 2.16 bits per heavy atom. The van der Waals surface area contributed by atoms with Crippen molar-refractivity contribution in [2.75, 3.05) is 6.54 Å². The monoisotopic (exact) mass is 349 g/mol. The first-order valence-electron chi connectivity index (χ1n) is 8.84. The molecule has 3 atom stereocenters. The highest BCUT2D eigenvalue weighted by Crippen LogP contribution is 2.34. The van der Waals surface area contributed by atoms with E-state index in [9.17, 15) is 9.90 Å². The zero-order valence-electron chi connectivity index (χ0n) is 15.5. The maximum atomic E-state index is 13.3. The van der Waals surface area contributed by atoms with Gasteiger partial charge in [-0.2, -0.15) is 0 Å². The van der Waals surface area contributed by atoms with Crippen LogP contribution in [0.4, 0.5) is 0 Å². The number of amides is 1. The third kappa shape index (κ3) is 3.56. The molecule has 7 heteroatoms. The number of β-amino-alcohol motifs (C(OH)–C–C–N with tert-alkyl or cyclic N) is 1. The van der Waals surface area contributed by atoms with Gasteiger partial charge >= 0.3 is 0 Å². The van der Waals surface area contributed by atoms with Crippen LogP contribution in [0.2, 0.25) is 0 Å². The van der Waals surface area contributed by atoms with Gasteiger partial charge in [0.1, 0.15) is 17.3 Å². The van der Waals surface area contributed by atoms with E-state index >= 15 is 0 Å². The second-order valence-electron chi connectivity index (χ2n) is 8.10. The van der Waals surface area contributed by atoms with Gasteiger partial charge in [0.2, 0.25) is 5.91 Å². The highest BCUT2D eigenvalue weighted by atomic mass is 16.7. The van der Waals surface area contributed by atoms with Crippen LogP contribution in [0, 0.1) is 12.8 Å². The Bertz CT molecular complexity index is 680. The number of rotatable bonds is 4. The topological polar surface area (TPSA) is 88.2 Å². The van der Waals surface area contributed by atoms with Gasteiger partial charge in [-0.05, 0) is 26.7 Å². The SMILES string of the molecule is Cc1cc([C@H](C(=O)N2C[C@H](O)C[C@H]2C2=NOC(C)(C)C2)C(C)C)on1. The molecule has 25 heavy (non-hydrogen) atoms. The van der Waals surface area contributed by atoms with Crippen molar-refractivity contribution in [3.05, 3.63) is 17.5 Å². The number of aryl methyl sites for hydroxylation is 1. The molecule has 0 unspecified atom stereocenters. The van der Waals surface area contributed by atoms with Crippen molar-refractivity contribution in [2.45, 2.75) is 71.1 Å². The molecule has 1 aromatic rings. The molecular weight excluding hydrogens is 322 g/mol. The Labute approximate surface area is 148 Å². The van der Waals surface area contributed by atoms with Gasteiger partial charge in [-0.15, -0.1) is 0 Å². The minimum atomic E-state index is -0.551. The van der Waals surface area contributed by atoms with Crippen molar-refractivity contribution in [2.24, 2.45) is 11.1 Å². The van der Waals surface area contributed by atoms with Crippen molar-refractivity contribution in [1.29, 1.82) is 0 Å². The van der Waals surface area contributed by atoms with Crippen LogP contribution < -0.4 is 0 Å². The molecule has 7 nitrogen and oxygen atoms in total. The fourth-order valence-corrected chi connectivity index (χ4v) is 3.68. The number of aromatic nitrogens is 1. The first-order chi connectivity index (χ1) is 11.7. The standard InChI is InChI=1S/C18H27N3O4/c1-10(2)16(15-6-11(3)19-24-15)17(23)21-9-12(22)7-14(21)13-8-18(4,5)25-20-13/h6,10,12,14,16,22H,7-9H2,1-5H3/t12-,14+,16-/m1/s1. The van der Waals surface area contributed by atoms with Crippen LogP contribution in [-0.4, -0.2) is 51.1 Å². The summed E-state index contributed by atoms with van der Waals surface area (Å²) in [6.07, 6.45) is 0.594. The van der Waals surface area contributed by atoms with Gasteiger partial charge in [-0.25, -0.2) is 0 Å². The molecule has 1 fully saturated rings. The molecule has 0 aromatic carbocycles. The Hall–Kier alpha value is -1.89. The summed E-state index contributed by atoms with van der Waals surface area (Å²) in [5.41, 5.74) is 1.21. The number of carbonyl (C=O) groups is 1. The van der Waals surface area contributed by atoms with Gasteiger partial charge in [0.25, 0.3) is 0 Å². The Balaban J connectivity index is 1.85. The summed E-state index contributed by atoms with van der Waals surface area (Å²) in [5.74, 6) is 0.143. The van der Waals surface area contributed by atoms with E-state index in [4.69, 9.17) is 9.36 Å². The molecule has 3 heterocycles. The number of aliphatic hydroxyl groups excluding tert-OH is 1. The van der Waals surface area contributed by atoms with Crippen LogP contribution in [0.1, 0.15) is 57.9 Å². The second-order valence-corrected chi connectivity index (χ2v) is 8.10. The summed E-state index contributed by atoms with van der Waals surface area (Å²) in [6.45, 7) is 10.1. The minimum absolute atomic E-state index is 0.0523. The molecule has 2 aliphatic heterocycles. The average molecular weight is 349 g/mol. The number of nitrogens with zero attached hydrogens (tertiary/aromatic N) is 3. The van der Waals surface area contributed by atoms with Crippen LogP contribution in [0.3, 0.4) is 0 Å². The van der Waals surface area contributed by atoms with E-state index in [1.54, 1.807) is 4.90 Å². The van der Waals surface area contributed by atoms with Crippen molar-refractivity contribution >= 4 is 11.6 Å². The maximum Gasteiger partial charge on any atom is 0.234 e. The van der Waals surface area contributed by atoms with Gasteiger partial charge in [-0.1, -0.05) is 24.2 Å². The molecular formula is C18H27N3O4. The van der Waals surface area contributed by atoms with Gasteiger partial charge in [-0.3, -0.25) is 4.79 Å². The maximum absolute atomic E-state index is 13.3. The fourth-order valence-electron chi connectivity index (χ4n) is 3.68. The predicted octanol–water partition coefficient (Wildman–Crippen LogP) is 2.24. The smallest absolute Gasteiger partial charge is 0.234 e. The lowest BCUT2D eigenvalue weighted by Gasteiger charge is -2.29. The Morgan fingerprint density at radius 3 is 2.68 bits per heavy atom. The molecule has 0 spiro atoms. The molecule has 0 radical (unpaired) electrons. The number of oxime groups is 1. The minimum Gasteiger partial charge on any atom is -0.391 e. The molecule has 3 rings (SSSR count). The van der Waals surface area contributed by atoms with Crippen LogP contribution in [0.25, 0.3) is 0 Å². The van der Waals surface area contributed by atoms with Gasteiger partial charge in [0, 0.05) is 25.5 Å². The van der Waals surface area contributed by atoms with Gasteiger partial charge in [0.05, 0.1) is 23.6 Å². The van der Waals surface area contributed by atoms with E-state index < -0.39 is 12.0 Å². The third-order valence-electron chi connectivity index (χ3n) is 4.85. The number of hydrogen-bond acceptors (Lipinski definition) is 6. The first kappa shape index (κ1) is 17.9. The van der Waals surface area contributed by atoms with E-state index in [0.29, 0.717) is 25.1 Å². The summed E-state index contributed by atoms with van der Waals surface area (Å²) in [7, 11) is 0. The number of likely N-dealkylation sites (tertiary alicyclic amines) is 1. The summed E-state index contributed by atoms with van der Waals surface area (Å²) >= 11 is 0. The molecule has 138 valence electrons. The van der Waals surface area contributed by atoms with Gasteiger partial charge < -0.3 is 19.4 Å². The normalized spacial score (nSPS) is 26.7. The van der Waals surface area contributed by atoms with Crippen LogP contribution in [-0.2, 0) is 9.63 Å². The molecule has 1 N–H and O–H groups in total. The molecule has 0 bridgehead atoms. The van der Waals surface area contributed by atoms with E-state index in [1.807, 2.05) is 40.7 Å². The quantitative estimate of drug-likeness (QED) is 0.900. The van der Waals surface area contributed by atoms with Crippen LogP contribution >= 0.6 is 0 Å². The number of carbonyl (C=O) groups excluding carboxylic acids is 1. The lowest BCUT2D eigenvalue weighted by molar-refractivity contribution is -0.134. The molecule has 0 aliphatic carbocycles. The van der Waals surface area contributed by atoms with Crippen LogP contribution in [0.15, 0.2) is 15.7 Å². The summed E-state index contributed by atoms with van der Waals surface area (Å²) in [5, 5.41) is 18.3. The molecule has 1 saturated heterocycles. The lowest BCUT2D eigenvalue weighted by Crippen LogP contribution is -2.44. The highest BCUT2D eigenvalue weighted by Gasteiger charge is 2.45. The molecule has 2 aliphatic rings. The number of hydrogen-bond donors (Lipinski definition) is 1. The lowest BCUT2D eigenvalue weighted by atomic mass is 9.90. The summed E-state index contributed by atoms with van der Waals surface area (Å²) in [6, 6.07) is 1.58. The highest BCUT2D eigenvalue weighted by molar-refractivity contribution is 5.96. The third-order valence-corrected chi connectivity index (χ3v) is 4.85. The fraction of sp³-hybridized carbons (Fsp3) is 0.722. The largest absolute Gasteiger partial charge is 0.391 e. The van der Waals surface area contributed by atoms with Crippen molar-refractivity contribution < 1.29 is 19.3 Å². The molecule has 0 saturated carbocycles. The van der Waals surface area contributed by atoms with Crippen molar-refractivity contribution in [1.82, 2.24) is 10.1 Å². The van der Waals surface area contributed by atoms with E-state index in [2.05, 4.69) is 10.3 Å². The summed E-state index contributed by atoms with van der Waals surface area (Å²) < 4.78 is 5.37. The van der Waals surface area contributed by atoms with E-state index in [0.717, 1.165) is 11.4 Å². The van der Waals surface area contributed by atoms with E-state index in [-0.39, 0.29) is 23.5 Å². The second kappa shape index (κ2) is 6.44. The first-order valence-corrected chi connectivity index (χ1v) is 8.84. The Kier molecular flexibility index (Phi) is 4.62. The van der Waals surface area contributed by atoms with Crippen LogP contribution in [0.5, 0.6) is 0 Å². The van der Waals surface area contributed by atoms with E-state index in [1.165, 1.54) is 0 Å². The van der Waals surface area contributed by atoms with Crippen molar-refractivity contribution in [3.63, 3.8) is 0 Å². The van der Waals surface area contributed by atoms with Gasteiger partial charge in [0.15, 0.2) is 0 Å². The molecule has 1 aromatic heterocycles. The van der Waals surface area contributed by atoms with Crippen molar-refractivity contribution in [3.8, 4) is 0 Å². The average Bonchev–Trinajstić information content (AvgIpc) is 3.18. The number of aliphatic hydroxyl groups is 1.